The van der Waals surface area contributed by atoms with Crippen molar-refractivity contribution in [3.63, 3.8) is 0 Å². The first-order chi connectivity index (χ1) is 11.4. The molecule has 0 aliphatic rings. The van der Waals surface area contributed by atoms with Crippen molar-refractivity contribution in [3.05, 3.63) is 52.3 Å². The third-order valence-corrected chi connectivity index (χ3v) is 3.85. The van der Waals surface area contributed by atoms with E-state index < -0.39 is 0 Å². The normalized spacial score (nSPS) is 10.8. The van der Waals surface area contributed by atoms with Crippen molar-refractivity contribution >= 4 is 28.9 Å². The minimum atomic E-state index is -0.278. The van der Waals surface area contributed by atoms with Crippen LogP contribution in [-0.4, -0.2) is 43.0 Å². The van der Waals surface area contributed by atoms with Gasteiger partial charge in [-0.3, -0.25) is 9.78 Å². The lowest BCUT2D eigenvalue weighted by molar-refractivity contribution is 0.102. The van der Waals surface area contributed by atoms with Crippen molar-refractivity contribution in [1.82, 2.24) is 9.88 Å². The minimum Gasteiger partial charge on any atom is -0.384 e. The van der Waals surface area contributed by atoms with Crippen LogP contribution in [0.3, 0.4) is 0 Å². The summed E-state index contributed by atoms with van der Waals surface area (Å²) in [7, 11) is 4.03. The number of anilines is 2. The van der Waals surface area contributed by atoms with E-state index in [1.54, 1.807) is 12.3 Å². The molecule has 0 unspecified atom stereocenters. The highest BCUT2D eigenvalue weighted by Gasteiger charge is 2.13. The molecule has 0 fully saturated rings. The van der Waals surface area contributed by atoms with Gasteiger partial charge < -0.3 is 15.5 Å². The summed E-state index contributed by atoms with van der Waals surface area (Å²) in [6.45, 7) is 5.58. The fourth-order valence-corrected chi connectivity index (χ4v) is 2.71. The molecule has 0 spiro atoms. The van der Waals surface area contributed by atoms with Gasteiger partial charge in [0, 0.05) is 25.0 Å². The molecule has 5 nitrogen and oxygen atoms in total. The van der Waals surface area contributed by atoms with Crippen LogP contribution < -0.4 is 10.6 Å². The molecule has 128 valence electrons. The highest BCUT2D eigenvalue weighted by atomic mass is 35.5. The van der Waals surface area contributed by atoms with Crippen molar-refractivity contribution in [3.8, 4) is 0 Å². The molecule has 2 aromatic rings. The van der Waals surface area contributed by atoms with Gasteiger partial charge >= 0.3 is 0 Å². The van der Waals surface area contributed by atoms with E-state index in [0.29, 0.717) is 16.4 Å². The van der Waals surface area contributed by atoms with E-state index in [4.69, 9.17) is 11.6 Å². The van der Waals surface area contributed by atoms with Crippen LogP contribution >= 0.6 is 11.6 Å². The molecule has 0 aliphatic heterocycles. The second-order valence-corrected chi connectivity index (χ2v) is 6.46. The number of hydrogen-bond acceptors (Lipinski definition) is 4. The Morgan fingerprint density at radius 2 is 2.00 bits per heavy atom. The molecule has 1 heterocycles. The van der Waals surface area contributed by atoms with Crippen LogP contribution in [0.25, 0.3) is 0 Å². The van der Waals surface area contributed by atoms with Gasteiger partial charge in [0.05, 0.1) is 10.7 Å². The van der Waals surface area contributed by atoms with Crippen LogP contribution in [-0.2, 0) is 0 Å². The predicted molar refractivity (Wildman–Crippen MR) is 100 cm³/mol. The summed E-state index contributed by atoms with van der Waals surface area (Å²) in [5.74, 6) is -0.278. The lowest BCUT2D eigenvalue weighted by Gasteiger charge is -2.13. The van der Waals surface area contributed by atoms with Gasteiger partial charge in [0.25, 0.3) is 5.91 Å². The summed E-state index contributed by atoms with van der Waals surface area (Å²) in [6, 6.07) is 7.39. The number of aromatic nitrogens is 1. The highest BCUT2D eigenvalue weighted by molar-refractivity contribution is 6.34. The number of aryl methyl sites for hydroxylation is 2. The summed E-state index contributed by atoms with van der Waals surface area (Å²) in [5, 5.41) is 6.66. The van der Waals surface area contributed by atoms with Gasteiger partial charge in [0.2, 0.25) is 0 Å². The van der Waals surface area contributed by atoms with Crippen molar-refractivity contribution in [1.29, 1.82) is 0 Å². The summed E-state index contributed by atoms with van der Waals surface area (Å²) in [4.78, 5) is 18.7. The number of carbonyl (C=O) groups is 1. The van der Waals surface area contributed by atoms with E-state index >= 15 is 0 Å². The van der Waals surface area contributed by atoms with Crippen LogP contribution in [0.1, 0.15) is 21.6 Å². The SMILES string of the molecule is Cc1cc(C)c(NC(=O)c2cc(NCCN(C)C)ccn2)c(Cl)c1. The fourth-order valence-electron chi connectivity index (χ4n) is 2.34. The molecule has 0 saturated carbocycles. The number of rotatable bonds is 6. The Morgan fingerprint density at radius 1 is 1.25 bits per heavy atom. The zero-order valence-corrected chi connectivity index (χ0v) is 15.2. The topological polar surface area (TPSA) is 57.3 Å². The maximum absolute atomic E-state index is 12.5. The molecule has 2 rings (SSSR count). The Balaban J connectivity index is 2.10. The molecule has 0 aliphatic carbocycles. The first kappa shape index (κ1) is 18.2. The predicted octanol–water partition coefficient (Wildman–Crippen LogP) is 3.58. The average Bonchev–Trinajstić information content (AvgIpc) is 2.50. The first-order valence-corrected chi connectivity index (χ1v) is 8.17. The summed E-state index contributed by atoms with van der Waals surface area (Å²) >= 11 is 6.24. The summed E-state index contributed by atoms with van der Waals surface area (Å²) in [6.07, 6.45) is 1.62. The van der Waals surface area contributed by atoms with Gasteiger partial charge in [-0.1, -0.05) is 17.7 Å². The number of pyridine rings is 1. The fraction of sp³-hybridized carbons (Fsp3) is 0.333. The van der Waals surface area contributed by atoms with E-state index in [2.05, 4.69) is 20.5 Å². The van der Waals surface area contributed by atoms with Crippen molar-refractivity contribution < 1.29 is 4.79 Å². The first-order valence-electron chi connectivity index (χ1n) is 7.79. The Bertz CT molecular complexity index is 708. The van der Waals surface area contributed by atoms with Gasteiger partial charge in [-0.25, -0.2) is 0 Å². The lowest BCUT2D eigenvalue weighted by atomic mass is 10.1. The number of carbonyl (C=O) groups excluding carboxylic acids is 1. The Hall–Kier alpha value is -2.11. The van der Waals surface area contributed by atoms with Gasteiger partial charge in [-0.2, -0.15) is 0 Å². The molecule has 0 atom stereocenters. The van der Waals surface area contributed by atoms with E-state index in [9.17, 15) is 4.79 Å². The number of nitrogens with zero attached hydrogens (tertiary/aromatic N) is 2. The number of halogens is 1. The molecular formula is C18H23ClN4O. The second-order valence-electron chi connectivity index (χ2n) is 6.05. The van der Waals surface area contributed by atoms with Gasteiger partial charge in [-0.05, 0) is 57.3 Å². The van der Waals surface area contributed by atoms with Crippen molar-refractivity contribution in [2.45, 2.75) is 13.8 Å². The van der Waals surface area contributed by atoms with Crippen LogP contribution in [0.4, 0.5) is 11.4 Å². The van der Waals surface area contributed by atoms with Crippen molar-refractivity contribution in [2.75, 3.05) is 37.8 Å². The molecule has 24 heavy (non-hydrogen) atoms. The van der Waals surface area contributed by atoms with Crippen LogP contribution in [0.2, 0.25) is 5.02 Å². The number of benzene rings is 1. The number of likely N-dealkylation sites (N-methyl/N-ethyl adjacent to an activating group) is 1. The van der Waals surface area contributed by atoms with E-state index in [1.807, 2.05) is 46.1 Å². The Morgan fingerprint density at radius 3 is 2.67 bits per heavy atom. The third kappa shape index (κ3) is 4.94. The lowest BCUT2D eigenvalue weighted by Crippen LogP contribution is -2.21. The van der Waals surface area contributed by atoms with Crippen LogP contribution in [0.5, 0.6) is 0 Å². The quantitative estimate of drug-likeness (QED) is 0.839. The third-order valence-electron chi connectivity index (χ3n) is 3.55. The largest absolute Gasteiger partial charge is 0.384 e. The van der Waals surface area contributed by atoms with Crippen LogP contribution in [0, 0.1) is 13.8 Å². The standard InChI is InChI=1S/C18H23ClN4O/c1-12-9-13(2)17(15(19)10-12)22-18(24)16-11-14(5-6-21-16)20-7-8-23(3)4/h5-6,9-11H,7-8H2,1-4H3,(H,20,21)(H,22,24). The Labute approximate surface area is 148 Å². The second kappa shape index (κ2) is 8.13. The Kier molecular flexibility index (Phi) is 6.17. The molecular weight excluding hydrogens is 324 g/mol. The van der Waals surface area contributed by atoms with Gasteiger partial charge in [-0.15, -0.1) is 0 Å². The van der Waals surface area contributed by atoms with Gasteiger partial charge in [0.1, 0.15) is 5.69 Å². The molecule has 1 amide bonds. The minimum absolute atomic E-state index is 0.278. The van der Waals surface area contributed by atoms with Crippen LogP contribution in [0.15, 0.2) is 30.5 Å². The molecule has 0 saturated heterocycles. The number of hydrogen-bond donors (Lipinski definition) is 2. The number of amides is 1. The molecule has 2 N–H and O–H groups in total. The maximum atomic E-state index is 12.5. The summed E-state index contributed by atoms with van der Waals surface area (Å²) < 4.78 is 0. The van der Waals surface area contributed by atoms with Gasteiger partial charge in [0.15, 0.2) is 0 Å². The zero-order valence-electron chi connectivity index (χ0n) is 14.5. The van der Waals surface area contributed by atoms with E-state index in [-0.39, 0.29) is 5.91 Å². The molecule has 0 bridgehead atoms. The smallest absolute Gasteiger partial charge is 0.274 e. The summed E-state index contributed by atoms with van der Waals surface area (Å²) in [5.41, 5.74) is 3.82. The zero-order chi connectivity index (χ0) is 17.7. The highest BCUT2D eigenvalue weighted by Crippen LogP contribution is 2.27. The molecule has 1 aromatic carbocycles. The van der Waals surface area contributed by atoms with Crippen molar-refractivity contribution in [2.24, 2.45) is 0 Å². The molecule has 1 aromatic heterocycles. The average molecular weight is 347 g/mol. The van der Waals surface area contributed by atoms with E-state index in [1.165, 1.54) is 0 Å². The maximum Gasteiger partial charge on any atom is 0.274 e. The monoisotopic (exact) mass is 346 g/mol. The molecule has 6 heteroatoms. The molecule has 0 radical (unpaired) electrons. The van der Waals surface area contributed by atoms with E-state index in [0.717, 1.165) is 29.9 Å². The number of nitrogens with one attached hydrogen (secondary N) is 2.